The third-order valence-corrected chi connectivity index (χ3v) is 4.39. The van der Waals surface area contributed by atoms with Gasteiger partial charge in [0.1, 0.15) is 5.75 Å². The minimum Gasteiger partial charge on any atom is -0.484 e. The van der Waals surface area contributed by atoms with Gasteiger partial charge in [0.05, 0.1) is 13.2 Å². The Kier molecular flexibility index (Phi) is 5.88. The molecule has 2 amide bonds. The first kappa shape index (κ1) is 17.7. The Morgan fingerprint density at radius 3 is 2.96 bits per heavy atom. The van der Waals surface area contributed by atoms with Crippen LogP contribution in [0.4, 0.5) is 5.69 Å². The molecule has 1 aromatic rings. The lowest BCUT2D eigenvalue weighted by molar-refractivity contribution is -0.123. The van der Waals surface area contributed by atoms with E-state index in [9.17, 15) is 9.59 Å². The highest BCUT2D eigenvalue weighted by Crippen LogP contribution is 2.26. The van der Waals surface area contributed by atoms with Gasteiger partial charge >= 0.3 is 0 Å². The Labute approximate surface area is 147 Å². The zero-order chi connectivity index (χ0) is 17.6. The van der Waals surface area contributed by atoms with E-state index in [1.165, 1.54) is 0 Å². The average Bonchev–Trinajstić information content (AvgIpc) is 2.60. The first-order valence-corrected chi connectivity index (χ1v) is 8.75. The van der Waals surface area contributed by atoms with Crippen molar-refractivity contribution in [2.45, 2.75) is 25.8 Å². The molecular formula is C18H25N3O4. The molecule has 7 nitrogen and oxygen atoms in total. The Hall–Kier alpha value is -2.12. The van der Waals surface area contributed by atoms with E-state index in [-0.39, 0.29) is 24.5 Å². The number of hydrogen-bond acceptors (Lipinski definition) is 5. The van der Waals surface area contributed by atoms with Gasteiger partial charge < -0.3 is 20.1 Å². The number of amides is 2. The van der Waals surface area contributed by atoms with Crippen LogP contribution in [0.1, 0.15) is 18.9 Å². The van der Waals surface area contributed by atoms with E-state index in [1.807, 2.05) is 19.1 Å². The smallest absolute Gasteiger partial charge is 0.258 e. The van der Waals surface area contributed by atoms with Gasteiger partial charge in [0.2, 0.25) is 5.91 Å². The minimum atomic E-state index is -0.133. The van der Waals surface area contributed by atoms with Crippen LogP contribution in [0.3, 0.4) is 0 Å². The second kappa shape index (κ2) is 8.31. The van der Waals surface area contributed by atoms with Crippen molar-refractivity contribution in [1.82, 2.24) is 10.2 Å². The fraction of sp³-hybridized carbons (Fsp3) is 0.556. The highest BCUT2D eigenvalue weighted by atomic mass is 16.5. The van der Waals surface area contributed by atoms with Crippen molar-refractivity contribution in [3.8, 4) is 5.75 Å². The highest BCUT2D eigenvalue weighted by Gasteiger charge is 2.17. The fourth-order valence-electron chi connectivity index (χ4n) is 3.13. The molecule has 0 radical (unpaired) electrons. The van der Waals surface area contributed by atoms with Gasteiger partial charge in [-0.1, -0.05) is 0 Å². The zero-order valence-electron chi connectivity index (χ0n) is 14.5. The van der Waals surface area contributed by atoms with Crippen molar-refractivity contribution < 1.29 is 19.1 Å². The monoisotopic (exact) mass is 347 g/mol. The summed E-state index contributed by atoms with van der Waals surface area (Å²) in [5, 5.41) is 5.79. The molecule has 7 heteroatoms. The van der Waals surface area contributed by atoms with Gasteiger partial charge in [-0.2, -0.15) is 0 Å². The predicted octanol–water partition coefficient (Wildman–Crippen LogP) is 0.787. The summed E-state index contributed by atoms with van der Waals surface area (Å²) in [5.41, 5.74) is 1.87. The van der Waals surface area contributed by atoms with Crippen LogP contribution in [-0.2, 0) is 20.7 Å². The Morgan fingerprint density at radius 1 is 1.36 bits per heavy atom. The van der Waals surface area contributed by atoms with Gasteiger partial charge in [0, 0.05) is 37.8 Å². The zero-order valence-corrected chi connectivity index (χ0v) is 14.5. The van der Waals surface area contributed by atoms with E-state index in [0.717, 1.165) is 44.1 Å². The number of benzene rings is 1. The van der Waals surface area contributed by atoms with Crippen LogP contribution in [0.25, 0.3) is 0 Å². The maximum atomic E-state index is 12.1. The first-order valence-electron chi connectivity index (χ1n) is 8.75. The number of anilines is 1. The number of fused-ring (bicyclic) bond motifs is 1. The molecule has 0 bridgehead atoms. The van der Waals surface area contributed by atoms with Crippen LogP contribution in [0.5, 0.6) is 5.75 Å². The number of rotatable bonds is 6. The number of morpholine rings is 1. The molecule has 0 unspecified atom stereocenters. The summed E-state index contributed by atoms with van der Waals surface area (Å²) < 4.78 is 10.9. The van der Waals surface area contributed by atoms with Crippen LogP contribution >= 0.6 is 0 Å². The lowest BCUT2D eigenvalue weighted by atomic mass is 10.0. The molecule has 0 spiro atoms. The van der Waals surface area contributed by atoms with Crippen LogP contribution in [0, 0.1) is 0 Å². The van der Waals surface area contributed by atoms with Crippen molar-refractivity contribution in [3.05, 3.63) is 23.8 Å². The summed E-state index contributed by atoms with van der Waals surface area (Å²) in [4.78, 5) is 25.7. The Bertz CT molecular complexity index is 629. The Balaban J connectivity index is 1.43. The molecule has 1 aromatic carbocycles. The standard InChI is InChI=1S/C18H25N3O4/c1-13(11-21-6-8-24-9-7-21)19-18(23)12-25-15-3-4-16-14(10-15)2-5-17(22)20-16/h3-4,10,13H,2,5-9,11-12H2,1H3,(H,19,23)(H,20,22)/t13-/m1/s1. The van der Waals surface area contributed by atoms with Crippen molar-refractivity contribution in [3.63, 3.8) is 0 Å². The van der Waals surface area contributed by atoms with E-state index in [1.54, 1.807) is 6.07 Å². The van der Waals surface area contributed by atoms with E-state index in [4.69, 9.17) is 9.47 Å². The van der Waals surface area contributed by atoms with Gasteiger partial charge in [-0.15, -0.1) is 0 Å². The van der Waals surface area contributed by atoms with Crippen molar-refractivity contribution in [1.29, 1.82) is 0 Å². The normalized spacial score (nSPS) is 18.8. The lowest BCUT2D eigenvalue weighted by Crippen LogP contribution is -2.46. The second-order valence-corrected chi connectivity index (χ2v) is 6.54. The number of ether oxygens (including phenoxy) is 2. The molecule has 136 valence electrons. The van der Waals surface area contributed by atoms with Crippen LogP contribution in [0.15, 0.2) is 18.2 Å². The van der Waals surface area contributed by atoms with E-state index >= 15 is 0 Å². The number of nitrogens with one attached hydrogen (secondary N) is 2. The summed E-state index contributed by atoms with van der Waals surface area (Å²) >= 11 is 0. The van der Waals surface area contributed by atoms with Crippen LogP contribution < -0.4 is 15.4 Å². The summed E-state index contributed by atoms with van der Waals surface area (Å²) in [6.45, 7) is 6.11. The molecule has 0 saturated carbocycles. The van der Waals surface area contributed by atoms with E-state index in [2.05, 4.69) is 15.5 Å². The minimum absolute atomic E-state index is 0.0153. The largest absolute Gasteiger partial charge is 0.484 e. The van der Waals surface area contributed by atoms with Gasteiger partial charge in [-0.25, -0.2) is 0 Å². The molecule has 0 aliphatic carbocycles. The molecule has 3 rings (SSSR count). The summed E-state index contributed by atoms with van der Waals surface area (Å²) in [6, 6.07) is 5.54. The van der Waals surface area contributed by atoms with Gasteiger partial charge in [0.15, 0.2) is 6.61 Å². The molecule has 2 aliphatic rings. The first-order chi connectivity index (χ1) is 12.1. The highest BCUT2D eigenvalue weighted by molar-refractivity contribution is 5.94. The molecular weight excluding hydrogens is 322 g/mol. The van der Waals surface area contributed by atoms with Crippen molar-refractivity contribution >= 4 is 17.5 Å². The van der Waals surface area contributed by atoms with Gasteiger partial charge in [-0.05, 0) is 37.1 Å². The maximum Gasteiger partial charge on any atom is 0.258 e. The number of hydrogen-bond donors (Lipinski definition) is 2. The van der Waals surface area contributed by atoms with Crippen LogP contribution in [-0.4, -0.2) is 62.2 Å². The predicted molar refractivity (Wildman–Crippen MR) is 93.8 cm³/mol. The van der Waals surface area contributed by atoms with Gasteiger partial charge in [0.25, 0.3) is 5.91 Å². The van der Waals surface area contributed by atoms with E-state index < -0.39 is 0 Å². The molecule has 2 N–H and O–H groups in total. The summed E-state index contributed by atoms with van der Waals surface area (Å²) in [6.07, 6.45) is 1.18. The lowest BCUT2D eigenvalue weighted by Gasteiger charge is -2.29. The molecule has 1 saturated heterocycles. The average molecular weight is 347 g/mol. The molecule has 25 heavy (non-hydrogen) atoms. The van der Waals surface area contributed by atoms with E-state index in [0.29, 0.717) is 18.6 Å². The molecule has 1 atom stereocenters. The molecule has 2 heterocycles. The Morgan fingerprint density at radius 2 is 2.16 bits per heavy atom. The SMILES string of the molecule is C[C@H](CN1CCOCC1)NC(=O)COc1ccc2c(c1)CCC(=O)N2. The number of carbonyl (C=O) groups is 2. The third-order valence-electron chi connectivity index (χ3n) is 4.39. The molecule has 0 aromatic heterocycles. The third kappa shape index (κ3) is 5.17. The molecule has 1 fully saturated rings. The number of nitrogens with zero attached hydrogens (tertiary/aromatic N) is 1. The van der Waals surface area contributed by atoms with Crippen molar-refractivity contribution in [2.24, 2.45) is 0 Å². The topological polar surface area (TPSA) is 79.9 Å². The summed E-state index contributed by atoms with van der Waals surface area (Å²) in [5.74, 6) is 0.549. The second-order valence-electron chi connectivity index (χ2n) is 6.54. The number of carbonyl (C=O) groups excluding carboxylic acids is 2. The summed E-state index contributed by atoms with van der Waals surface area (Å²) in [7, 11) is 0. The van der Waals surface area contributed by atoms with Crippen LogP contribution in [0.2, 0.25) is 0 Å². The molecule has 2 aliphatic heterocycles. The van der Waals surface area contributed by atoms with Gasteiger partial charge in [-0.3, -0.25) is 14.5 Å². The quantitative estimate of drug-likeness (QED) is 0.795. The fourth-order valence-corrected chi connectivity index (χ4v) is 3.13. The van der Waals surface area contributed by atoms with Crippen molar-refractivity contribution in [2.75, 3.05) is 44.8 Å². The number of aryl methyl sites for hydroxylation is 1. The maximum absolute atomic E-state index is 12.1.